The smallest absolute Gasteiger partial charge is 0.224 e. The fourth-order valence-electron chi connectivity index (χ4n) is 3.40. The van der Waals surface area contributed by atoms with Gasteiger partial charge in [-0.2, -0.15) is 0 Å². The highest BCUT2D eigenvalue weighted by atomic mass is 16.2. The summed E-state index contributed by atoms with van der Waals surface area (Å²) < 4.78 is 0. The maximum Gasteiger partial charge on any atom is 0.224 e. The second-order valence-electron chi connectivity index (χ2n) is 6.50. The Balaban J connectivity index is 1.92. The Hall–Kier alpha value is -0.650. The predicted molar refractivity (Wildman–Crippen MR) is 81.5 cm³/mol. The third-order valence-corrected chi connectivity index (χ3v) is 5.05. The summed E-state index contributed by atoms with van der Waals surface area (Å²) in [5.74, 6) is 0.289. The molecule has 5 nitrogen and oxygen atoms in total. The molecule has 0 aliphatic carbocycles. The molecule has 1 amide bonds. The van der Waals surface area contributed by atoms with E-state index in [-0.39, 0.29) is 11.9 Å². The van der Waals surface area contributed by atoms with E-state index in [2.05, 4.69) is 30.7 Å². The molecule has 0 spiro atoms. The number of carbonyl (C=O) groups excluding carboxylic acids is 1. The second kappa shape index (κ2) is 6.87. The first kappa shape index (κ1) is 15.7. The topological polar surface area (TPSA) is 52.8 Å². The SMILES string of the molecule is CC1CN(C(CN)CC(=O)N2CCCC2)CC(C)N1C. The number of likely N-dealkylation sites (tertiary alicyclic amines) is 1. The molecule has 0 aromatic rings. The van der Waals surface area contributed by atoms with E-state index in [1.165, 1.54) is 0 Å². The molecule has 20 heavy (non-hydrogen) atoms. The predicted octanol–water partition coefficient (Wildman–Crippen LogP) is 0.351. The van der Waals surface area contributed by atoms with Gasteiger partial charge in [0.25, 0.3) is 0 Å². The summed E-state index contributed by atoms with van der Waals surface area (Å²) in [6.07, 6.45) is 2.89. The van der Waals surface area contributed by atoms with Gasteiger partial charge in [-0.05, 0) is 33.7 Å². The lowest BCUT2D eigenvalue weighted by Crippen LogP contribution is -2.59. The van der Waals surface area contributed by atoms with Gasteiger partial charge in [0.05, 0.1) is 0 Å². The molecule has 116 valence electrons. The number of carbonyl (C=O) groups is 1. The van der Waals surface area contributed by atoms with Crippen molar-refractivity contribution in [1.29, 1.82) is 0 Å². The zero-order valence-corrected chi connectivity index (χ0v) is 13.2. The zero-order valence-electron chi connectivity index (χ0n) is 13.2. The average molecular weight is 282 g/mol. The Morgan fingerprint density at radius 2 is 1.75 bits per heavy atom. The molecule has 2 saturated heterocycles. The van der Waals surface area contributed by atoms with Crippen LogP contribution in [0.25, 0.3) is 0 Å². The van der Waals surface area contributed by atoms with Gasteiger partial charge in [-0.3, -0.25) is 14.6 Å². The third-order valence-electron chi connectivity index (χ3n) is 5.05. The highest BCUT2D eigenvalue weighted by molar-refractivity contribution is 5.77. The van der Waals surface area contributed by atoms with Crippen LogP contribution in [0.5, 0.6) is 0 Å². The molecular formula is C15H30N4O. The highest BCUT2D eigenvalue weighted by Gasteiger charge is 2.32. The summed E-state index contributed by atoms with van der Waals surface area (Å²) in [6.45, 7) is 8.96. The molecular weight excluding hydrogens is 252 g/mol. The van der Waals surface area contributed by atoms with Crippen molar-refractivity contribution in [3.63, 3.8) is 0 Å². The van der Waals surface area contributed by atoms with E-state index in [0.29, 0.717) is 25.0 Å². The largest absolute Gasteiger partial charge is 0.343 e. The Morgan fingerprint density at radius 3 is 2.25 bits per heavy atom. The molecule has 0 bridgehead atoms. The molecule has 5 heteroatoms. The van der Waals surface area contributed by atoms with Crippen LogP contribution in [0.15, 0.2) is 0 Å². The van der Waals surface area contributed by atoms with Crippen molar-refractivity contribution in [3.05, 3.63) is 0 Å². The molecule has 3 unspecified atom stereocenters. The number of hydrogen-bond donors (Lipinski definition) is 1. The van der Waals surface area contributed by atoms with Gasteiger partial charge >= 0.3 is 0 Å². The fourth-order valence-corrected chi connectivity index (χ4v) is 3.40. The highest BCUT2D eigenvalue weighted by Crippen LogP contribution is 2.18. The van der Waals surface area contributed by atoms with Crippen LogP contribution in [0, 0.1) is 0 Å². The maximum absolute atomic E-state index is 12.3. The van der Waals surface area contributed by atoms with Crippen molar-refractivity contribution in [3.8, 4) is 0 Å². The molecule has 2 aliphatic heterocycles. The lowest BCUT2D eigenvalue weighted by atomic mass is 10.0. The summed E-state index contributed by atoms with van der Waals surface area (Å²) in [7, 11) is 2.18. The third kappa shape index (κ3) is 3.51. The first-order valence-corrected chi connectivity index (χ1v) is 7.96. The van der Waals surface area contributed by atoms with Gasteiger partial charge in [0.2, 0.25) is 5.91 Å². The summed E-state index contributed by atoms with van der Waals surface area (Å²) in [6, 6.07) is 1.24. The number of nitrogens with two attached hydrogens (primary N) is 1. The monoisotopic (exact) mass is 282 g/mol. The lowest BCUT2D eigenvalue weighted by molar-refractivity contribution is -0.131. The number of hydrogen-bond acceptors (Lipinski definition) is 4. The van der Waals surface area contributed by atoms with Crippen LogP contribution < -0.4 is 5.73 Å². The molecule has 0 saturated carbocycles. The number of piperazine rings is 1. The normalized spacial score (nSPS) is 30.7. The van der Waals surface area contributed by atoms with Crippen molar-refractivity contribution in [2.24, 2.45) is 5.73 Å². The summed E-state index contributed by atoms with van der Waals surface area (Å²) in [5.41, 5.74) is 5.95. The van der Waals surface area contributed by atoms with Crippen LogP contribution >= 0.6 is 0 Å². The lowest BCUT2D eigenvalue weighted by Gasteiger charge is -2.45. The van der Waals surface area contributed by atoms with E-state index < -0.39 is 0 Å². The van der Waals surface area contributed by atoms with Gasteiger partial charge < -0.3 is 10.6 Å². The van der Waals surface area contributed by atoms with Gasteiger partial charge in [-0.1, -0.05) is 0 Å². The Bertz CT molecular complexity index is 318. The zero-order chi connectivity index (χ0) is 14.7. The Morgan fingerprint density at radius 1 is 1.20 bits per heavy atom. The molecule has 0 aromatic heterocycles. The van der Waals surface area contributed by atoms with E-state index in [4.69, 9.17) is 5.73 Å². The number of rotatable bonds is 4. The molecule has 2 heterocycles. The molecule has 0 aromatic carbocycles. The van der Waals surface area contributed by atoms with Gasteiger partial charge in [-0.25, -0.2) is 0 Å². The van der Waals surface area contributed by atoms with E-state index in [9.17, 15) is 4.79 Å². The Kier molecular flexibility index (Phi) is 5.41. The van der Waals surface area contributed by atoms with Gasteiger partial charge in [0.15, 0.2) is 0 Å². The van der Waals surface area contributed by atoms with Gasteiger partial charge in [0.1, 0.15) is 0 Å². The summed E-state index contributed by atoms with van der Waals surface area (Å²) >= 11 is 0. The van der Waals surface area contributed by atoms with Crippen LogP contribution in [-0.2, 0) is 4.79 Å². The van der Waals surface area contributed by atoms with E-state index in [0.717, 1.165) is 39.0 Å². The van der Waals surface area contributed by atoms with Crippen LogP contribution in [0.2, 0.25) is 0 Å². The average Bonchev–Trinajstić information content (AvgIpc) is 2.95. The van der Waals surface area contributed by atoms with Crippen molar-refractivity contribution in [2.75, 3.05) is 39.8 Å². The van der Waals surface area contributed by atoms with Crippen LogP contribution in [0.1, 0.15) is 33.1 Å². The van der Waals surface area contributed by atoms with Crippen molar-refractivity contribution < 1.29 is 4.79 Å². The maximum atomic E-state index is 12.3. The number of likely N-dealkylation sites (N-methyl/N-ethyl adjacent to an activating group) is 1. The molecule has 3 atom stereocenters. The van der Waals surface area contributed by atoms with E-state index >= 15 is 0 Å². The molecule has 2 aliphatic rings. The fraction of sp³-hybridized carbons (Fsp3) is 0.933. The molecule has 2 N–H and O–H groups in total. The minimum Gasteiger partial charge on any atom is -0.343 e. The van der Waals surface area contributed by atoms with Gasteiger partial charge in [-0.15, -0.1) is 0 Å². The van der Waals surface area contributed by atoms with Crippen molar-refractivity contribution >= 4 is 5.91 Å². The minimum atomic E-state index is 0.196. The van der Waals surface area contributed by atoms with Crippen LogP contribution in [0.3, 0.4) is 0 Å². The quantitative estimate of drug-likeness (QED) is 0.808. The second-order valence-corrected chi connectivity index (χ2v) is 6.50. The summed E-state index contributed by atoms with van der Waals surface area (Å²) in [4.78, 5) is 19.2. The molecule has 2 fully saturated rings. The van der Waals surface area contributed by atoms with Crippen LogP contribution in [-0.4, -0.2) is 78.5 Å². The van der Waals surface area contributed by atoms with Gasteiger partial charge in [0, 0.05) is 57.3 Å². The van der Waals surface area contributed by atoms with E-state index in [1.807, 2.05) is 4.90 Å². The van der Waals surface area contributed by atoms with Crippen LogP contribution in [0.4, 0.5) is 0 Å². The Labute approximate surface area is 123 Å². The minimum absolute atomic E-state index is 0.196. The molecule has 0 radical (unpaired) electrons. The first-order valence-electron chi connectivity index (χ1n) is 7.96. The van der Waals surface area contributed by atoms with Crippen molar-refractivity contribution in [1.82, 2.24) is 14.7 Å². The summed E-state index contributed by atoms with van der Waals surface area (Å²) in [5, 5.41) is 0. The van der Waals surface area contributed by atoms with E-state index in [1.54, 1.807) is 0 Å². The van der Waals surface area contributed by atoms with Crippen molar-refractivity contribution in [2.45, 2.75) is 51.2 Å². The first-order chi connectivity index (χ1) is 9.52. The number of amides is 1. The standard InChI is InChI=1S/C15H30N4O/c1-12-10-19(11-13(2)17(12)3)14(9-16)8-15(20)18-6-4-5-7-18/h12-14H,4-11,16H2,1-3H3. The molecule has 2 rings (SSSR count). The number of nitrogens with zero attached hydrogens (tertiary/aromatic N) is 3.